The van der Waals surface area contributed by atoms with Crippen molar-refractivity contribution in [3.8, 4) is 0 Å². The van der Waals surface area contributed by atoms with Crippen molar-refractivity contribution in [3.63, 3.8) is 0 Å². The molecule has 0 spiro atoms. The average Bonchev–Trinajstić information content (AvgIpc) is 3.11. The zero-order chi connectivity index (χ0) is 13.5. The summed E-state index contributed by atoms with van der Waals surface area (Å²) in [5, 5.41) is 2.17. The van der Waals surface area contributed by atoms with Gasteiger partial charge in [-0.05, 0) is 25.0 Å². The SMILES string of the molecule is NC(=S)C1(C(=O)Nc2ccc(F)c(F)c2F)CC1. The normalized spacial score (nSPS) is 16.2. The first-order valence-electron chi connectivity index (χ1n) is 5.13. The molecule has 0 aromatic heterocycles. The molecule has 1 aromatic carbocycles. The largest absolute Gasteiger partial charge is 0.392 e. The second kappa shape index (κ2) is 4.24. The lowest BCUT2D eigenvalue weighted by Crippen LogP contribution is -2.35. The molecule has 1 aliphatic rings. The third-order valence-corrected chi connectivity index (χ3v) is 3.33. The monoisotopic (exact) mass is 274 g/mol. The number of nitrogens with one attached hydrogen (secondary N) is 1. The molecular formula is C11H9F3N2OS. The number of anilines is 1. The number of halogens is 3. The van der Waals surface area contributed by atoms with Crippen LogP contribution in [-0.4, -0.2) is 10.9 Å². The van der Waals surface area contributed by atoms with E-state index < -0.39 is 34.5 Å². The van der Waals surface area contributed by atoms with E-state index in [4.69, 9.17) is 18.0 Å². The lowest BCUT2D eigenvalue weighted by atomic mass is 10.1. The molecule has 0 atom stereocenters. The second-order valence-corrected chi connectivity index (χ2v) is 4.56. The third kappa shape index (κ3) is 1.94. The third-order valence-electron chi connectivity index (χ3n) is 2.94. The highest BCUT2D eigenvalue weighted by Gasteiger charge is 2.52. The maximum absolute atomic E-state index is 13.3. The van der Waals surface area contributed by atoms with Gasteiger partial charge in [-0.3, -0.25) is 4.79 Å². The molecule has 1 fully saturated rings. The summed E-state index contributed by atoms with van der Waals surface area (Å²) in [5.41, 5.74) is 4.01. The highest BCUT2D eigenvalue weighted by Crippen LogP contribution is 2.47. The zero-order valence-corrected chi connectivity index (χ0v) is 9.91. The highest BCUT2D eigenvalue weighted by atomic mass is 32.1. The van der Waals surface area contributed by atoms with E-state index >= 15 is 0 Å². The van der Waals surface area contributed by atoms with Crippen LogP contribution < -0.4 is 11.1 Å². The van der Waals surface area contributed by atoms with Crippen molar-refractivity contribution in [2.24, 2.45) is 11.1 Å². The summed E-state index contributed by atoms with van der Waals surface area (Å²) in [5.74, 6) is -4.99. The van der Waals surface area contributed by atoms with E-state index in [1.54, 1.807) is 0 Å². The van der Waals surface area contributed by atoms with Crippen molar-refractivity contribution in [3.05, 3.63) is 29.6 Å². The summed E-state index contributed by atoms with van der Waals surface area (Å²) in [6.45, 7) is 0. The number of nitrogens with two attached hydrogens (primary N) is 1. The highest BCUT2D eigenvalue weighted by molar-refractivity contribution is 7.80. The molecule has 1 aliphatic carbocycles. The summed E-state index contributed by atoms with van der Waals surface area (Å²) < 4.78 is 39.0. The minimum atomic E-state index is -1.63. The first kappa shape index (κ1) is 12.8. The Kier molecular flexibility index (Phi) is 3.02. The van der Waals surface area contributed by atoms with E-state index in [1.807, 2.05) is 0 Å². The van der Waals surface area contributed by atoms with Crippen molar-refractivity contribution in [2.75, 3.05) is 5.32 Å². The Morgan fingerprint density at radius 3 is 2.39 bits per heavy atom. The molecule has 7 heteroatoms. The summed E-state index contributed by atoms with van der Waals surface area (Å²) in [6.07, 6.45) is 0.943. The summed E-state index contributed by atoms with van der Waals surface area (Å²) >= 11 is 4.76. The van der Waals surface area contributed by atoms with Gasteiger partial charge in [-0.1, -0.05) is 12.2 Å². The van der Waals surface area contributed by atoms with Crippen LogP contribution >= 0.6 is 12.2 Å². The molecule has 0 saturated heterocycles. The lowest BCUT2D eigenvalue weighted by Gasteiger charge is -2.14. The number of hydrogen-bond acceptors (Lipinski definition) is 2. The smallest absolute Gasteiger partial charge is 0.237 e. The van der Waals surface area contributed by atoms with E-state index in [9.17, 15) is 18.0 Å². The molecule has 0 aliphatic heterocycles. The number of amides is 1. The quantitative estimate of drug-likeness (QED) is 0.655. The first-order valence-corrected chi connectivity index (χ1v) is 5.54. The van der Waals surface area contributed by atoms with E-state index in [0.717, 1.165) is 12.1 Å². The van der Waals surface area contributed by atoms with Gasteiger partial charge < -0.3 is 11.1 Å². The minimum absolute atomic E-state index is 0.0167. The Morgan fingerprint density at radius 1 is 1.28 bits per heavy atom. The fourth-order valence-corrected chi connectivity index (χ4v) is 1.87. The molecule has 0 unspecified atom stereocenters. The van der Waals surface area contributed by atoms with E-state index in [2.05, 4.69) is 5.32 Å². The molecule has 18 heavy (non-hydrogen) atoms. The van der Waals surface area contributed by atoms with Crippen molar-refractivity contribution >= 4 is 28.8 Å². The number of thiocarbonyl (C=S) groups is 1. The van der Waals surface area contributed by atoms with Gasteiger partial charge in [0, 0.05) is 0 Å². The number of carbonyl (C=O) groups is 1. The van der Waals surface area contributed by atoms with Crippen LogP contribution in [0.4, 0.5) is 18.9 Å². The Balaban J connectivity index is 2.23. The average molecular weight is 274 g/mol. The summed E-state index contributed by atoms with van der Waals surface area (Å²) in [6, 6.07) is 1.68. The summed E-state index contributed by atoms with van der Waals surface area (Å²) in [7, 11) is 0. The van der Waals surface area contributed by atoms with E-state index in [0.29, 0.717) is 12.8 Å². The molecule has 0 radical (unpaired) electrons. The Hall–Kier alpha value is -1.63. The first-order chi connectivity index (χ1) is 8.38. The van der Waals surface area contributed by atoms with Crippen LogP contribution in [0.5, 0.6) is 0 Å². The van der Waals surface area contributed by atoms with Crippen LogP contribution in [0, 0.1) is 22.9 Å². The molecule has 1 amide bonds. The van der Waals surface area contributed by atoms with E-state index in [1.165, 1.54) is 0 Å². The van der Waals surface area contributed by atoms with Crippen LogP contribution in [0.1, 0.15) is 12.8 Å². The number of hydrogen-bond donors (Lipinski definition) is 2. The fraction of sp³-hybridized carbons (Fsp3) is 0.273. The molecule has 0 bridgehead atoms. The molecule has 1 aromatic rings. The zero-order valence-electron chi connectivity index (χ0n) is 9.10. The lowest BCUT2D eigenvalue weighted by molar-refractivity contribution is -0.118. The van der Waals surface area contributed by atoms with Gasteiger partial charge in [0.1, 0.15) is 0 Å². The fourth-order valence-electron chi connectivity index (χ4n) is 1.57. The predicted molar refractivity (Wildman–Crippen MR) is 63.4 cm³/mol. The summed E-state index contributed by atoms with van der Waals surface area (Å²) in [4.78, 5) is 11.8. The van der Waals surface area contributed by atoms with Gasteiger partial charge in [0.05, 0.1) is 16.1 Å². The molecule has 1 saturated carbocycles. The van der Waals surface area contributed by atoms with Crippen LogP contribution in [-0.2, 0) is 4.79 Å². The van der Waals surface area contributed by atoms with Crippen LogP contribution in [0.25, 0.3) is 0 Å². The van der Waals surface area contributed by atoms with Crippen molar-refractivity contribution in [1.82, 2.24) is 0 Å². The second-order valence-electron chi connectivity index (χ2n) is 4.12. The van der Waals surface area contributed by atoms with Crippen molar-refractivity contribution < 1.29 is 18.0 Å². The van der Waals surface area contributed by atoms with Crippen LogP contribution in [0.2, 0.25) is 0 Å². The van der Waals surface area contributed by atoms with E-state index in [-0.39, 0.29) is 4.99 Å². The van der Waals surface area contributed by atoms with Gasteiger partial charge in [-0.15, -0.1) is 0 Å². The maximum Gasteiger partial charge on any atom is 0.237 e. The minimum Gasteiger partial charge on any atom is -0.392 e. The Bertz CT molecular complexity index is 543. The predicted octanol–water partition coefficient (Wildman–Crippen LogP) is 2.11. The van der Waals surface area contributed by atoms with Gasteiger partial charge in [0.2, 0.25) is 5.91 Å². The Morgan fingerprint density at radius 2 is 1.89 bits per heavy atom. The van der Waals surface area contributed by atoms with Gasteiger partial charge in [0.25, 0.3) is 0 Å². The molecule has 2 rings (SSSR count). The molecule has 0 heterocycles. The molecule has 3 N–H and O–H groups in total. The number of carbonyl (C=O) groups excluding carboxylic acids is 1. The number of benzene rings is 1. The van der Waals surface area contributed by atoms with Gasteiger partial charge in [-0.25, -0.2) is 13.2 Å². The molecular weight excluding hydrogens is 265 g/mol. The van der Waals surface area contributed by atoms with Crippen LogP contribution in [0.15, 0.2) is 12.1 Å². The standard InChI is InChI=1S/C11H9F3N2OS/c12-5-1-2-6(8(14)7(5)13)16-10(17)11(3-4-11)9(15)18/h1-2H,3-4H2,(H2,15,18)(H,16,17). The Labute approximate surface area is 106 Å². The van der Waals surface area contributed by atoms with Gasteiger partial charge in [0.15, 0.2) is 17.5 Å². The van der Waals surface area contributed by atoms with Crippen molar-refractivity contribution in [2.45, 2.75) is 12.8 Å². The molecule has 3 nitrogen and oxygen atoms in total. The van der Waals surface area contributed by atoms with Gasteiger partial charge >= 0.3 is 0 Å². The van der Waals surface area contributed by atoms with Crippen LogP contribution in [0.3, 0.4) is 0 Å². The van der Waals surface area contributed by atoms with Crippen molar-refractivity contribution in [1.29, 1.82) is 0 Å². The topological polar surface area (TPSA) is 55.1 Å². The molecule has 96 valence electrons. The number of rotatable bonds is 3. The van der Waals surface area contributed by atoms with Gasteiger partial charge in [-0.2, -0.15) is 0 Å². The maximum atomic E-state index is 13.3.